The fraction of sp³-hybridized carbons (Fsp3) is 0.455. The molecule has 0 bridgehead atoms. The van der Waals surface area contributed by atoms with E-state index >= 15 is 0 Å². The zero-order valence-corrected chi connectivity index (χ0v) is 16.0. The minimum Gasteiger partial charge on any atom is -0.508 e. The number of nitrogens with zero attached hydrogens (tertiary/aromatic N) is 2. The third-order valence-electron chi connectivity index (χ3n) is 5.29. The van der Waals surface area contributed by atoms with Crippen molar-refractivity contribution in [3.05, 3.63) is 59.4 Å². The highest BCUT2D eigenvalue weighted by Crippen LogP contribution is 2.24. The van der Waals surface area contributed by atoms with Crippen LogP contribution in [0.3, 0.4) is 0 Å². The fourth-order valence-corrected chi connectivity index (χ4v) is 3.61. The molecule has 1 aliphatic heterocycles. The van der Waals surface area contributed by atoms with Crippen molar-refractivity contribution in [2.45, 2.75) is 19.3 Å². The third kappa shape index (κ3) is 5.94. The van der Waals surface area contributed by atoms with E-state index in [9.17, 15) is 9.50 Å². The second kappa shape index (κ2) is 9.72. The van der Waals surface area contributed by atoms with Gasteiger partial charge in [0.05, 0.1) is 7.11 Å². The van der Waals surface area contributed by atoms with Gasteiger partial charge < -0.3 is 19.6 Å². The van der Waals surface area contributed by atoms with E-state index in [0.717, 1.165) is 69.8 Å². The maximum absolute atomic E-state index is 12.9. The maximum Gasteiger partial charge on any atom is 0.125 e. The van der Waals surface area contributed by atoms with Crippen LogP contribution < -0.4 is 4.74 Å². The van der Waals surface area contributed by atoms with Gasteiger partial charge in [-0.05, 0) is 55.1 Å². The number of phenols is 1. The Kier molecular flexibility index (Phi) is 7.07. The van der Waals surface area contributed by atoms with Crippen LogP contribution in [0.2, 0.25) is 0 Å². The lowest BCUT2D eigenvalue weighted by Gasteiger charge is -2.34. The number of phenolic OH excluding ortho intramolecular Hbond substituents is 1. The number of benzene rings is 2. The molecule has 0 aromatic heterocycles. The zero-order chi connectivity index (χ0) is 19.1. The monoisotopic (exact) mass is 372 g/mol. The Labute approximate surface area is 161 Å². The fourth-order valence-electron chi connectivity index (χ4n) is 3.61. The van der Waals surface area contributed by atoms with E-state index in [0.29, 0.717) is 0 Å². The first-order valence-electron chi connectivity index (χ1n) is 9.69. The normalized spacial score (nSPS) is 15.8. The highest BCUT2D eigenvalue weighted by atomic mass is 19.1. The molecule has 2 aromatic rings. The standard InChI is InChI=1S/C22H29FN2O2/c1-27-22-17-21(26)9-6-19(22)10-12-25-15-13-24(14-16-25)11-2-3-18-4-7-20(23)8-5-18/h4-9,17,26H,2-3,10-16H2,1H3. The van der Waals surface area contributed by atoms with E-state index in [4.69, 9.17) is 4.74 Å². The molecule has 0 saturated carbocycles. The van der Waals surface area contributed by atoms with Gasteiger partial charge in [-0.1, -0.05) is 18.2 Å². The van der Waals surface area contributed by atoms with Gasteiger partial charge in [-0.3, -0.25) is 0 Å². The number of aryl methyl sites for hydroxylation is 1. The molecule has 4 nitrogen and oxygen atoms in total. The summed E-state index contributed by atoms with van der Waals surface area (Å²) in [7, 11) is 1.64. The molecule has 1 heterocycles. The van der Waals surface area contributed by atoms with E-state index in [2.05, 4.69) is 9.80 Å². The molecule has 1 aliphatic rings. The lowest BCUT2D eigenvalue weighted by atomic mass is 10.1. The maximum atomic E-state index is 12.9. The van der Waals surface area contributed by atoms with Gasteiger partial charge in [-0.15, -0.1) is 0 Å². The number of rotatable bonds is 8. The van der Waals surface area contributed by atoms with Crippen LogP contribution in [-0.4, -0.2) is 61.3 Å². The van der Waals surface area contributed by atoms with Gasteiger partial charge in [0, 0.05) is 38.8 Å². The van der Waals surface area contributed by atoms with Gasteiger partial charge in [0.15, 0.2) is 0 Å². The molecule has 1 N–H and O–H groups in total. The number of methoxy groups -OCH3 is 1. The van der Waals surface area contributed by atoms with Crippen molar-refractivity contribution in [1.82, 2.24) is 9.80 Å². The Balaban J connectivity index is 1.36. The van der Waals surface area contributed by atoms with Gasteiger partial charge >= 0.3 is 0 Å². The molecule has 0 unspecified atom stereocenters. The Bertz CT molecular complexity index is 713. The van der Waals surface area contributed by atoms with Crippen molar-refractivity contribution in [3.8, 4) is 11.5 Å². The summed E-state index contributed by atoms with van der Waals surface area (Å²) in [5.41, 5.74) is 2.34. The topological polar surface area (TPSA) is 35.9 Å². The van der Waals surface area contributed by atoms with E-state index < -0.39 is 0 Å². The number of piperazine rings is 1. The summed E-state index contributed by atoms with van der Waals surface area (Å²) in [6.45, 7) is 6.45. The highest BCUT2D eigenvalue weighted by molar-refractivity contribution is 5.40. The third-order valence-corrected chi connectivity index (χ3v) is 5.29. The average molecular weight is 372 g/mol. The van der Waals surface area contributed by atoms with Gasteiger partial charge in [-0.25, -0.2) is 4.39 Å². The van der Waals surface area contributed by atoms with Crippen LogP contribution in [-0.2, 0) is 12.8 Å². The van der Waals surface area contributed by atoms with Crippen LogP contribution >= 0.6 is 0 Å². The molecule has 5 heteroatoms. The predicted octanol–water partition coefficient (Wildman–Crippen LogP) is 3.33. The Hall–Kier alpha value is -2.11. The quantitative estimate of drug-likeness (QED) is 0.771. The van der Waals surface area contributed by atoms with Crippen molar-refractivity contribution in [3.63, 3.8) is 0 Å². The number of aromatic hydroxyl groups is 1. The molecule has 1 saturated heterocycles. The highest BCUT2D eigenvalue weighted by Gasteiger charge is 2.17. The Morgan fingerprint density at radius 1 is 0.926 bits per heavy atom. The summed E-state index contributed by atoms with van der Waals surface area (Å²) < 4.78 is 18.3. The average Bonchev–Trinajstić information content (AvgIpc) is 2.69. The minimum absolute atomic E-state index is 0.167. The van der Waals surface area contributed by atoms with Crippen molar-refractivity contribution < 1.29 is 14.2 Å². The first-order valence-corrected chi connectivity index (χ1v) is 9.69. The Morgan fingerprint density at radius 2 is 1.59 bits per heavy atom. The zero-order valence-electron chi connectivity index (χ0n) is 16.0. The number of ether oxygens (including phenoxy) is 1. The first kappa shape index (κ1) is 19.6. The predicted molar refractivity (Wildman–Crippen MR) is 106 cm³/mol. The molecule has 3 rings (SSSR count). The second-order valence-electron chi connectivity index (χ2n) is 7.16. The molecule has 0 aliphatic carbocycles. The van der Waals surface area contributed by atoms with E-state index in [-0.39, 0.29) is 11.6 Å². The van der Waals surface area contributed by atoms with Crippen LogP contribution in [0, 0.1) is 5.82 Å². The molecule has 146 valence electrons. The van der Waals surface area contributed by atoms with Crippen LogP contribution in [0.25, 0.3) is 0 Å². The largest absolute Gasteiger partial charge is 0.508 e. The smallest absolute Gasteiger partial charge is 0.125 e. The molecule has 0 spiro atoms. The molecule has 27 heavy (non-hydrogen) atoms. The second-order valence-corrected chi connectivity index (χ2v) is 7.16. The van der Waals surface area contributed by atoms with Crippen LogP contribution in [0.5, 0.6) is 11.5 Å². The van der Waals surface area contributed by atoms with Crippen molar-refractivity contribution >= 4 is 0 Å². The van der Waals surface area contributed by atoms with E-state index in [1.165, 1.54) is 17.7 Å². The van der Waals surface area contributed by atoms with Gasteiger partial charge in [0.1, 0.15) is 17.3 Å². The molecule has 0 radical (unpaired) electrons. The van der Waals surface area contributed by atoms with Gasteiger partial charge in [0.2, 0.25) is 0 Å². The summed E-state index contributed by atoms with van der Waals surface area (Å²) in [6.07, 6.45) is 3.03. The lowest BCUT2D eigenvalue weighted by Crippen LogP contribution is -2.47. The summed E-state index contributed by atoms with van der Waals surface area (Å²) in [5.74, 6) is 0.832. The summed E-state index contributed by atoms with van der Waals surface area (Å²) in [4.78, 5) is 5.00. The van der Waals surface area contributed by atoms with Crippen molar-refractivity contribution in [2.24, 2.45) is 0 Å². The summed E-state index contributed by atoms with van der Waals surface area (Å²) >= 11 is 0. The van der Waals surface area contributed by atoms with Crippen molar-refractivity contribution in [1.29, 1.82) is 0 Å². The number of hydrogen-bond donors (Lipinski definition) is 1. The van der Waals surface area contributed by atoms with Crippen molar-refractivity contribution in [2.75, 3.05) is 46.4 Å². The summed E-state index contributed by atoms with van der Waals surface area (Å²) in [6, 6.07) is 12.2. The van der Waals surface area contributed by atoms with E-state index in [1.807, 2.05) is 18.2 Å². The number of halogens is 1. The lowest BCUT2D eigenvalue weighted by molar-refractivity contribution is 0.132. The Morgan fingerprint density at radius 3 is 2.26 bits per heavy atom. The van der Waals surface area contributed by atoms with Crippen LogP contribution in [0.1, 0.15) is 17.5 Å². The minimum atomic E-state index is -0.167. The summed E-state index contributed by atoms with van der Waals surface area (Å²) in [5, 5.41) is 9.56. The first-order chi connectivity index (χ1) is 13.1. The van der Waals surface area contributed by atoms with Crippen LogP contribution in [0.4, 0.5) is 4.39 Å². The molecule has 2 aromatic carbocycles. The van der Waals surface area contributed by atoms with Crippen LogP contribution in [0.15, 0.2) is 42.5 Å². The van der Waals surface area contributed by atoms with Gasteiger partial charge in [-0.2, -0.15) is 0 Å². The SMILES string of the molecule is COc1cc(O)ccc1CCN1CCN(CCCc2ccc(F)cc2)CC1. The molecular weight excluding hydrogens is 343 g/mol. The molecule has 0 amide bonds. The number of hydrogen-bond acceptors (Lipinski definition) is 4. The molecule has 1 fully saturated rings. The molecular formula is C22H29FN2O2. The van der Waals surface area contributed by atoms with E-state index in [1.54, 1.807) is 19.2 Å². The van der Waals surface area contributed by atoms with Gasteiger partial charge in [0.25, 0.3) is 0 Å². The molecule has 0 atom stereocenters.